The van der Waals surface area contributed by atoms with E-state index in [4.69, 9.17) is 13.9 Å². The summed E-state index contributed by atoms with van der Waals surface area (Å²) in [6, 6.07) is 9.12. The maximum atomic E-state index is 12.4. The third-order valence-electron chi connectivity index (χ3n) is 4.99. The topological polar surface area (TPSA) is 81.0 Å². The van der Waals surface area contributed by atoms with E-state index in [1.807, 2.05) is 18.2 Å². The molecule has 2 amide bonds. The Kier molecular flexibility index (Phi) is 6.57. The molecule has 1 aromatic carbocycles. The molecule has 0 saturated carbocycles. The first kappa shape index (κ1) is 19.8. The third kappa shape index (κ3) is 4.65. The molecular weight excluding hydrogens is 360 g/mol. The average Bonchev–Trinajstić information content (AvgIpc) is 3.26. The van der Waals surface area contributed by atoms with Gasteiger partial charge in [0.15, 0.2) is 17.3 Å². The van der Waals surface area contributed by atoms with Crippen molar-refractivity contribution >= 4 is 11.8 Å². The van der Waals surface area contributed by atoms with Crippen molar-refractivity contribution in [2.75, 3.05) is 27.3 Å². The van der Waals surface area contributed by atoms with E-state index in [2.05, 4.69) is 5.32 Å². The number of ether oxygens (including phenoxy) is 2. The number of amides is 2. The molecule has 7 nitrogen and oxygen atoms in total. The van der Waals surface area contributed by atoms with Crippen LogP contribution in [0.4, 0.5) is 0 Å². The van der Waals surface area contributed by atoms with Gasteiger partial charge in [-0.25, -0.2) is 0 Å². The van der Waals surface area contributed by atoms with Crippen molar-refractivity contribution in [1.29, 1.82) is 0 Å². The number of furan rings is 1. The average molecular weight is 386 g/mol. The molecule has 1 fully saturated rings. The standard InChI is InChI=1S/C21H26N2O5/c1-26-17-6-3-5-15(20(17)27-2)8-9-19(24)22-16-10-12-23(13-11-16)21(25)18-7-4-14-28-18/h3-7,14,16H,8-13H2,1-2H3,(H,22,24). The minimum absolute atomic E-state index is 0.000633. The second-order valence-corrected chi connectivity index (χ2v) is 6.76. The highest BCUT2D eigenvalue weighted by atomic mass is 16.5. The summed E-state index contributed by atoms with van der Waals surface area (Å²) in [5.74, 6) is 1.59. The Morgan fingerprint density at radius 1 is 1.14 bits per heavy atom. The minimum Gasteiger partial charge on any atom is -0.493 e. The zero-order chi connectivity index (χ0) is 19.9. The van der Waals surface area contributed by atoms with Gasteiger partial charge in [-0.3, -0.25) is 9.59 Å². The lowest BCUT2D eigenvalue weighted by atomic mass is 10.0. The van der Waals surface area contributed by atoms with Crippen LogP contribution < -0.4 is 14.8 Å². The van der Waals surface area contributed by atoms with E-state index in [9.17, 15) is 9.59 Å². The first-order valence-corrected chi connectivity index (χ1v) is 9.44. The first-order valence-electron chi connectivity index (χ1n) is 9.44. The third-order valence-corrected chi connectivity index (χ3v) is 4.99. The number of likely N-dealkylation sites (tertiary alicyclic amines) is 1. The first-order chi connectivity index (χ1) is 13.6. The van der Waals surface area contributed by atoms with E-state index in [-0.39, 0.29) is 17.9 Å². The van der Waals surface area contributed by atoms with Gasteiger partial charge < -0.3 is 24.1 Å². The van der Waals surface area contributed by atoms with E-state index in [0.29, 0.717) is 43.2 Å². The summed E-state index contributed by atoms with van der Waals surface area (Å²) < 4.78 is 15.9. The number of carbonyl (C=O) groups excluding carboxylic acids is 2. The fourth-order valence-electron chi connectivity index (χ4n) is 3.48. The Morgan fingerprint density at radius 3 is 2.57 bits per heavy atom. The molecule has 0 spiro atoms. The summed E-state index contributed by atoms with van der Waals surface area (Å²) in [7, 11) is 3.19. The van der Waals surface area contributed by atoms with Gasteiger partial charge in [-0.05, 0) is 43.0 Å². The van der Waals surface area contributed by atoms with Crippen molar-refractivity contribution in [3.8, 4) is 11.5 Å². The molecule has 0 aliphatic carbocycles. The molecule has 0 atom stereocenters. The zero-order valence-electron chi connectivity index (χ0n) is 16.3. The molecule has 3 rings (SSSR count). The Bertz CT molecular complexity index is 795. The molecule has 1 N–H and O–H groups in total. The van der Waals surface area contributed by atoms with E-state index in [0.717, 1.165) is 18.4 Å². The van der Waals surface area contributed by atoms with Gasteiger partial charge in [0.25, 0.3) is 5.91 Å². The Balaban J connectivity index is 1.46. The lowest BCUT2D eigenvalue weighted by Gasteiger charge is -2.31. The number of piperidine rings is 1. The van der Waals surface area contributed by atoms with Crippen LogP contribution in [0.25, 0.3) is 0 Å². The molecule has 1 saturated heterocycles. The van der Waals surface area contributed by atoms with E-state index >= 15 is 0 Å². The van der Waals surface area contributed by atoms with E-state index < -0.39 is 0 Å². The van der Waals surface area contributed by atoms with Crippen molar-refractivity contribution < 1.29 is 23.5 Å². The Morgan fingerprint density at radius 2 is 1.93 bits per heavy atom. The smallest absolute Gasteiger partial charge is 0.289 e. The number of hydrogen-bond donors (Lipinski definition) is 1. The van der Waals surface area contributed by atoms with Crippen LogP contribution in [0.5, 0.6) is 11.5 Å². The summed E-state index contributed by atoms with van der Waals surface area (Å²) in [6.07, 6.45) is 3.91. The van der Waals surface area contributed by atoms with Crippen LogP contribution in [-0.2, 0) is 11.2 Å². The van der Waals surface area contributed by atoms with Crippen molar-refractivity contribution in [2.24, 2.45) is 0 Å². The van der Waals surface area contributed by atoms with Gasteiger partial charge in [0.2, 0.25) is 5.91 Å². The second-order valence-electron chi connectivity index (χ2n) is 6.76. The quantitative estimate of drug-likeness (QED) is 0.791. The molecule has 1 aliphatic heterocycles. The molecule has 150 valence electrons. The predicted octanol–water partition coefficient (Wildman–Crippen LogP) is 2.65. The highest BCUT2D eigenvalue weighted by Gasteiger charge is 2.25. The molecule has 0 bridgehead atoms. The molecule has 2 heterocycles. The molecular formula is C21H26N2O5. The van der Waals surface area contributed by atoms with Gasteiger partial charge in [0, 0.05) is 25.6 Å². The lowest BCUT2D eigenvalue weighted by molar-refractivity contribution is -0.122. The van der Waals surface area contributed by atoms with Crippen LogP contribution >= 0.6 is 0 Å². The van der Waals surface area contributed by atoms with Gasteiger partial charge in [-0.1, -0.05) is 12.1 Å². The molecule has 0 radical (unpaired) electrons. The number of benzene rings is 1. The van der Waals surface area contributed by atoms with E-state index in [1.54, 1.807) is 31.3 Å². The van der Waals surface area contributed by atoms with Gasteiger partial charge in [-0.2, -0.15) is 0 Å². The number of rotatable bonds is 7. The maximum Gasteiger partial charge on any atom is 0.289 e. The zero-order valence-corrected chi connectivity index (χ0v) is 16.3. The second kappa shape index (κ2) is 9.30. The number of hydrogen-bond acceptors (Lipinski definition) is 5. The van der Waals surface area contributed by atoms with Gasteiger partial charge in [0.05, 0.1) is 20.5 Å². The fourth-order valence-corrected chi connectivity index (χ4v) is 3.48. The summed E-state index contributed by atoms with van der Waals surface area (Å²) in [5.41, 5.74) is 0.941. The number of nitrogens with zero attached hydrogens (tertiary/aromatic N) is 1. The normalized spacial score (nSPS) is 14.6. The molecule has 7 heteroatoms. The number of aryl methyl sites for hydroxylation is 1. The van der Waals surface area contributed by atoms with Crippen LogP contribution in [0.3, 0.4) is 0 Å². The largest absolute Gasteiger partial charge is 0.493 e. The van der Waals surface area contributed by atoms with Crippen LogP contribution in [0.15, 0.2) is 41.0 Å². The molecule has 28 heavy (non-hydrogen) atoms. The molecule has 1 aromatic heterocycles. The van der Waals surface area contributed by atoms with Crippen LogP contribution in [0.2, 0.25) is 0 Å². The van der Waals surface area contributed by atoms with E-state index in [1.165, 1.54) is 6.26 Å². The predicted molar refractivity (Wildman–Crippen MR) is 104 cm³/mol. The molecule has 0 unspecified atom stereocenters. The highest BCUT2D eigenvalue weighted by molar-refractivity contribution is 5.91. The maximum absolute atomic E-state index is 12.4. The van der Waals surface area contributed by atoms with Gasteiger partial charge in [-0.15, -0.1) is 0 Å². The number of carbonyl (C=O) groups is 2. The summed E-state index contributed by atoms with van der Waals surface area (Å²) in [6.45, 7) is 1.21. The van der Waals surface area contributed by atoms with Crippen LogP contribution in [-0.4, -0.2) is 50.1 Å². The minimum atomic E-state index is -0.0973. The number of nitrogens with one attached hydrogen (secondary N) is 1. The van der Waals surface area contributed by atoms with Crippen molar-refractivity contribution in [3.63, 3.8) is 0 Å². The summed E-state index contributed by atoms with van der Waals surface area (Å²) in [5, 5.41) is 3.08. The number of para-hydroxylation sites is 1. The number of methoxy groups -OCH3 is 2. The van der Waals surface area contributed by atoms with Crippen LogP contribution in [0, 0.1) is 0 Å². The molecule has 2 aromatic rings. The van der Waals surface area contributed by atoms with Crippen molar-refractivity contribution in [2.45, 2.75) is 31.7 Å². The monoisotopic (exact) mass is 386 g/mol. The fraction of sp³-hybridized carbons (Fsp3) is 0.429. The Labute approximate surface area is 164 Å². The van der Waals surface area contributed by atoms with Gasteiger partial charge >= 0.3 is 0 Å². The molecule has 1 aliphatic rings. The Hall–Kier alpha value is -2.96. The van der Waals surface area contributed by atoms with Crippen LogP contribution in [0.1, 0.15) is 35.4 Å². The summed E-state index contributed by atoms with van der Waals surface area (Å²) >= 11 is 0. The van der Waals surface area contributed by atoms with Gasteiger partial charge in [0.1, 0.15) is 0 Å². The lowest BCUT2D eigenvalue weighted by Crippen LogP contribution is -2.46. The van der Waals surface area contributed by atoms with Crippen molar-refractivity contribution in [1.82, 2.24) is 10.2 Å². The summed E-state index contributed by atoms with van der Waals surface area (Å²) in [4.78, 5) is 26.4. The SMILES string of the molecule is COc1cccc(CCC(=O)NC2CCN(C(=O)c3ccco3)CC2)c1OC. The highest BCUT2D eigenvalue weighted by Crippen LogP contribution is 2.31. The van der Waals surface area contributed by atoms with Crippen molar-refractivity contribution in [3.05, 3.63) is 47.9 Å².